The summed E-state index contributed by atoms with van der Waals surface area (Å²) in [6.45, 7) is 3.14. The smallest absolute Gasteiger partial charge is 0.253 e. The first-order chi connectivity index (χ1) is 14.0. The minimum absolute atomic E-state index is 0.00175. The van der Waals surface area contributed by atoms with Gasteiger partial charge in [0.15, 0.2) is 0 Å². The zero-order valence-corrected chi connectivity index (χ0v) is 17.2. The van der Waals surface area contributed by atoms with E-state index in [1.165, 1.54) is 0 Å². The second-order valence-corrected chi connectivity index (χ2v) is 7.30. The van der Waals surface area contributed by atoms with E-state index in [9.17, 15) is 9.59 Å². The molecule has 1 atom stereocenters. The van der Waals surface area contributed by atoms with Crippen LogP contribution in [0.4, 0.5) is 0 Å². The van der Waals surface area contributed by atoms with Crippen LogP contribution in [0.25, 0.3) is 0 Å². The van der Waals surface area contributed by atoms with E-state index in [1.54, 1.807) is 38.5 Å². The van der Waals surface area contributed by atoms with Gasteiger partial charge in [-0.1, -0.05) is 12.1 Å². The van der Waals surface area contributed by atoms with Gasteiger partial charge in [-0.3, -0.25) is 9.59 Å². The molecule has 0 aromatic heterocycles. The maximum absolute atomic E-state index is 12.7. The number of amides is 2. The van der Waals surface area contributed by atoms with Crippen LogP contribution < -0.4 is 14.8 Å². The molecule has 2 amide bonds. The Morgan fingerprint density at radius 3 is 1.97 bits per heavy atom. The lowest BCUT2D eigenvalue weighted by atomic mass is 9.94. The first kappa shape index (κ1) is 20.7. The molecule has 1 aliphatic heterocycles. The molecule has 0 bridgehead atoms. The Labute approximate surface area is 171 Å². The number of likely N-dealkylation sites (tertiary alicyclic amines) is 1. The number of methoxy groups -OCH3 is 2. The number of rotatable bonds is 6. The van der Waals surface area contributed by atoms with Gasteiger partial charge in [0, 0.05) is 24.6 Å². The number of nitrogens with one attached hydrogen (secondary N) is 1. The van der Waals surface area contributed by atoms with Crippen molar-refractivity contribution in [1.29, 1.82) is 0 Å². The van der Waals surface area contributed by atoms with Crippen molar-refractivity contribution in [3.63, 3.8) is 0 Å². The maximum atomic E-state index is 12.7. The molecule has 1 aliphatic rings. The van der Waals surface area contributed by atoms with Gasteiger partial charge in [0.1, 0.15) is 11.5 Å². The Bertz CT molecular complexity index is 825. The zero-order chi connectivity index (χ0) is 20.8. The van der Waals surface area contributed by atoms with Gasteiger partial charge in [0.05, 0.1) is 20.3 Å². The molecule has 1 fully saturated rings. The minimum atomic E-state index is -0.0765. The highest BCUT2D eigenvalue weighted by Gasteiger charge is 2.28. The molecule has 0 aliphatic carbocycles. The Balaban J connectivity index is 1.51. The molecule has 0 unspecified atom stereocenters. The van der Waals surface area contributed by atoms with Crippen LogP contribution in [0.15, 0.2) is 48.5 Å². The van der Waals surface area contributed by atoms with Gasteiger partial charge >= 0.3 is 0 Å². The number of hydrogen-bond donors (Lipinski definition) is 1. The molecule has 6 heteroatoms. The molecule has 0 radical (unpaired) electrons. The summed E-state index contributed by atoms with van der Waals surface area (Å²) >= 11 is 0. The first-order valence-electron chi connectivity index (χ1n) is 9.89. The molecule has 2 aromatic rings. The number of benzene rings is 2. The van der Waals surface area contributed by atoms with E-state index >= 15 is 0 Å². The molecule has 0 saturated carbocycles. The van der Waals surface area contributed by atoms with Crippen molar-refractivity contribution in [1.82, 2.24) is 10.2 Å². The lowest BCUT2D eigenvalue weighted by Gasteiger charge is -2.32. The average Bonchev–Trinajstić information content (AvgIpc) is 2.78. The second kappa shape index (κ2) is 9.45. The minimum Gasteiger partial charge on any atom is -0.497 e. The molecule has 0 spiro atoms. The van der Waals surface area contributed by atoms with Crippen molar-refractivity contribution >= 4 is 11.8 Å². The van der Waals surface area contributed by atoms with Crippen molar-refractivity contribution in [3.05, 3.63) is 59.7 Å². The summed E-state index contributed by atoms with van der Waals surface area (Å²) in [6.07, 6.45) is 1.34. The van der Waals surface area contributed by atoms with Crippen LogP contribution in [0.2, 0.25) is 0 Å². The van der Waals surface area contributed by atoms with E-state index in [0.29, 0.717) is 31.5 Å². The summed E-state index contributed by atoms with van der Waals surface area (Å²) in [5.41, 5.74) is 1.67. The van der Waals surface area contributed by atoms with E-state index in [0.717, 1.165) is 17.1 Å². The Morgan fingerprint density at radius 1 is 0.931 bits per heavy atom. The third-order valence-corrected chi connectivity index (χ3v) is 5.46. The van der Waals surface area contributed by atoms with Crippen LogP contribution in [-0.2, 0) is 4.79 Å². The van der Waals surface area contributed by atoms with Crippen molar-refractivity contribution in [2.75, 3.05) is 27.3 Å². The highest BCUT2D eigenvalue weighted by molar-refractivity contribution is 5.94. The lowest BCUT2D eigenvalue weighted by Crippen LogP contribution is -2.43. The third kappa shape index (κ3) is 5.08. The predicted molar refractivity (Wildman–Crippen MR) is 111 cm³/mol. The van der Waals surface area contributed by atoms with E-state index in [2.05, 4.69) is 5.32 Å². The van der Waals surface area contributed by atoms with Crippen molar-refractivity contribution in [3.8, 4) is 11.5 Å². The van der Waals surface area contributed by atoms with Crippen molar-refractivity contribution < 1.29 is 19.1 Å². The molecule has 2 aromatic carbocycles. The zero-order valence-electron chi connectivity index (χ0n) is 17.2. The molecule has 1 N–H and O–H groups in total. The molecule has 154 valence electrons. The molecular formula is C23H28N2O4. The van der Waals surface area contributed by atoms with Crippen molar-refractivity contribution in [2.45, 2.75) is 25.8 Å². The summed E-state index contributed by atoms with van der Waals surface area (Å²) < 4.78 is 10.3. The number of hydrogen-bond acceptors (Lipinski definition) is 4. The fourth-order valence-electron chi connectivity index (χ4n) is 3.57. The largest absolute Gasteiger partial charge is 0.497 e. The van der Waals surface area contributed by atoms with Gasteiger partial charge < -0.3 is 19.7 Å². The van der Waals surface area contributed by atoms with Crippen LogP contribution in [0, 0.1) is 5.92 Å². The SMILES string of the molecule is COc1ccc(C(=O)N2CCC(C(=O)N[C@@H](C)c3ccc(OC)cc3)CC2)cc1. The highest BCUT2D eigenvalue weighted by Crippen LogP contribution is 2.22. The van der Waals surface area contributed by atoms with Crippen molar-refractivity contribution in [2.24, 2.45) is 5.92 Å². The quantitative estimate of drug-likeness (QED) is 0.812. The number of piperidine rings is 1. The maximum Gasteiger partial charge on any atom is 0.253 e. The Kier molecular flexibility index (Phi) is 6.75. The normalized spacial score (nSPS) is 15.5. The van der Waals surface area contributed by atoms with Crippen LogP contribution in [-0.4, -0.2) is 44.0 Å². The molecular weight excluding hydrogens is 368 g/mol. The summed E-state index contributed by atoms with van der Waals surface area (Å²) in [5.74, 6) is 1.49. The molecule has 29 heavy (non-hydrogen) atoms. The fraction of sp³-hybridized carbons (Fsp3) is 0.391. The van der Waals surface area contributed by atoms with Crippen LogP contribution in [0.5, 0.6) is 11.5 Å². The summed E-state index contributed by atoms with van der Waals surface area (Å²) in [5, 5.41) is 3.09. The molecule has 1 heterocycles. The van der Waals surface area contributed by atoms with E-state index < -0.39 is 0 Å². The van der Waals surface area contributed by atoms with Gasteiger partial charge in [0.2, 0.25) is 5.91 Å². The van der Waals surface area contributed by atoms with E-state index in [-0.39, 0.29) is 23.8 Å². The van der Waals surface area contributed by atoms with Crippen LogP contribution in [0.3, 0.4) is 0 Å². The predicted octanol–water partition coefficient (Wildman–Crippen LogP) is 3.43. The van der Waals surface area contributed by atoms with Crippen LogP contribution in [0.1, 0.15) is 41.7 Å². The molecule has 6 nitrogen and oxygen atoms in total. The topological polar surface area (TPSA) is 67.9 Å². The van der Waals surface area contributed by atoms with Gasteiger partial charge in [0.25, 0.3) is 5.91 Å². The fourth-order valence-corrected chi connectivity index (χ4v) is 3.57. The Hall–Kier alpha value is -3.02. The summed E-state index contributed by atoms with van der Waals surface area (Å²) in [4.78, 5) is 27.2. The van der Waals surface area contributed by atoms with Gasteiger partial charge in [-0.05, 0) is 61.7 Å². The van der Waals surface area contributed by atoms with E-state index in [4.69, 9.17) is 9.47 Å². The van der Waals surface area contributed by atoms with E-state index in [1.807, 2.05) is 36.1 Å². The van der Waals surface area contributed by atoms with Gasteiger partial charge in [-0.2, -0.15) is 0 Å². The number of carbonyl (C=O) groups is 2. The lowest BCUT2D eigenvalue weighted by molar-refractivity contribution is -0.126. The molecule has 1 saturated heterocycles. The molecule has 3 rings (SSSR count). The Morgan fingerprint density at radius 2 is 1.45 bits per heavy atom. The summed E-state index contributed by atoms with van der Waals surface area (Å²) in [7, 11) is 3.23. The average molecular weight is 396 g/mol. The number of ether oxygens (including phenoxy) is 2. The number of nitrogens with zero attached hydrogens (tertiary/aromatic N) is 1. The van der Waals surface area contributed by atoms with Gasteiger partial charge in [-0.25, -0.2) is 0 Å². The second-order valence-electron chi connectivity index (χ2n) is 7.30. The summed E-state index contributed by atoms with van der Waals surface area (Å²) in [6, 6.07) is 14.7. The third-order valence-electron chi connectivity index (χ3n) is 5.46. The first-order valence-corrected chi connectivity index (χ1v) is 9.89. The highest BCUT2D eigenvalue weighted by atomic mass is 16.5. The van der Waals surface area contributed by atoms with Crippen LogP contribution >= 0.6 is 0 Å². The van der Waals surface area contributed by atoms with Gasteiger partial charge in [-0.15, -0.1) is 0 Å². The monoisotopic (exact) mass is 396 g/mol. The standard InChI is InChI=1S/C23H28N2O4/c1-16(17-4-8-20(28-2)9-5-17)24-22(26)18-12-14-25(15-13-18)23(27)19-6-10-21(29-3)11-7-19/h4-11,16,18H,12-15H2,1-3H3,(H,24,26)/t16-/m0/s1. The number of carbonyl (C=O) groups excluding carboxylic acids is 2.